The van der Waals surface area contributed by atoms with Crippen LogP contribution < -0.4 is 16.8 Å². The van der Waals surface area contributed by atoms with E-state index in [0.29, 0.717) is 5.69 Å². The minimum Gasteiger partial charge on any atom is -0.478 e. The van der Waals surface area contributed by atoms with Gasteiger partial charge < -0.3 is 21.9 Å². The smallest absolute Gasteiger partial charge is 0.335 e. The first-order chi connectivity index (χ1) is 8.90. The molecule has 7 nitrogen and oxygen atoms in total. The summed E-state index contributed by atoms with van der Waals surface area (Å²) in [6, 6.07) is 4.82. The molecule has 1 atom stereocenters. The molecule has 0 saturated heterocycles. The third-order valence-electron chi connectivity index (χ3n) is 2.44. The molecule has 0 saturated carbocycles. The molecule has 0 aliphatic carbocycles. The Morgan fingerprint density at radius 1 is 1.21 bits per heavy atom. The largest absolute Gasteiger partial charge is 0.478 e. The van der Waals surface area contributed by atoms with E-state index in [-0.39, 0.29) is 18.4 Å². The van der Waals surface area contributed by atoms with Crippen LogP contribution in [0.2, 0.25) is 0 Å². The highest BCUT2D eigenvalue weighted by Gasteiger charge is 2.14. The van der Waals surface area contributed by atoms with Gasteiger partial charge in [0, 0.05) is 12.1 Å². The summed E-state index contributed by atoms with van der Waals surface area (Å²) in [4.78, 5) is 32.8. The maximum absolute atomic E-state index is 11.6. The molecule has 102 valence electrons. The summed E-state index contributed by atoms with van der Waals surface area (Å²) in [5.74, 6) is -2.02. The number of nitrogens with two attached hydrogens (primary N) is 2. The van der Waals surface area contributed by atoms with Crippen molar-refractivity contribution >= 4 is 23.5 Å². The number of anilines is 1. The Hall–Kier alpha value is -2.41. The first kappa shape index (κ1) is 14.7. The predicted octanol–water partition coefficient (Wildman–Crippen LogP) is -0.0839. The molecule has 0 unspecified atom stereocenters. The van der Waals surface area contributed by atoms with E-state index in [2.05, 4.69) is 5.32 Å². The molecular formula is C12H15N3O4. The van der Waals surface area contributed by atoms with Crippen molar-refractivity contribution in [3.63, 3.8) is 0 Å². The van der Waals surface area contributed by atoms with Gasteiger partial charge in [0.2, 0.25) is 11.8 Å². The molecule has 0 aliphatic heterocycles. The molecule has 0 heterocycles. The van der Waals surface area contributed by atoms with E-state index in [1.807, 2.05) is 0 Å². The fourth-order valence-corrected chi connectivity index (χ4v) is 1.36. The Kier molecular flexibility index (Phi) is 5.01. The highest BCUT2D eigenvalue weighted by atomic mass is 16.4. The Morgan fingerprint density at radius 3 is 2.26 bits per heavy atom. The summed E-state index contributed by atoms with van der Waals surface area (Å²) >= 11 is 0. The maximum Gasteiger partial charge on any atom is 0.335 e. The van der Waals surface area contributed by atoms with Gasteiger partial charge in [0.05, 0.1) is 11.6 Å². The monoisotopic (exact) mass is 265 g/mol. The number of nitrogens with one attached hydrogen (secondary N) is 1. The van der Waals surface area contributed by atoms with Crippen LogP contribution in [-0.2, 0) is 9.59 Å². The summed E-state index contributed by atoms with van der Waals surface area (Å²) in [5, 5.41) is 11.2. The summed E-state index contributed by atoms with van der Waals surface area (Å²) in [6.07, 6.45) is 0.195. The molecule has 2 amide bonds. The van der Waals surface area contributed by atoms with Gasteiger partial charge in [-0.25, -0.2) is 4.79 Å². The number of carboxylic acid groups (broad SMARTS) is 1. The number of carbonyl (C=O) groups is 3. The molecule has 19 heavy (non-hydrogen) atoms. The molecule has 0 spiro atoms. The van der Waals surface area contributed by atoms with Crippen molar-refractivity contribution in [2.75, 3.05) is 5.32 Å². The van der Waals surface area contributed by atoms with Crippen LogP contribution >= 0.6 is 0 Å². The highest BCUT2D eigenvalue weighted by molar-refractivity contribution is 5.95. The van der Waals surface area contributed by atoms with Crippen LogP contribution in [-0.4, -0.2) is 28.9 Å². The summed E-state index contributed by atoms with van der Waals surface area (Å²) in [6.45, 7) is 0. The van der Waals surface area contributed by atoms with Gasteiger partial charge in [0.15, 0.2) is 0 Å². The molecule has 1 aromatic carbocycles. The van der Waals surface area contributed by atoms with E-state index in [1.165, 1.54) is 24.3 Å². The van der Waals surface area contributed by atoms with Gasteiger partial charge >= 0.3 is 5.97 Å². The van der Waals surface area contributed by atoms with Gasteiger partial charge in [-0.2, -0.15) is 0 Å². The molecule has 7 heteroatoms. The number of hydrogen-bond acceptors (Lipinski definition) is 4. The van der Waals surface area contributed by atoms with Crippen LogP contribution in [0.1, 0.15) is 23.2 Å². The summed E-state index contributed by atoms with van der Waals surface area (Å²) in [7, 11) is 0. The molecule has 0 aromatic heterocycles. The molecule has 1 aromatic rings. The van der Waals surface area contributed by atoms with Gasteiger partial charge in [0.1, 0.15) is 0 Å². The number of aromatic carboxylic acids is 1. The second-order valence-corrected chi connectivity index (χ2v) is 3.98. The van der Waals surface area contributed by atoms with Gasteiger partial charge in [0.25, 0.3) is 0 Å². The second kappa shape index (κ2) is 6.50. The molecule has 6 N–H and O–H groups in total. The number of carboxylic acids is 1. The van der Waals surface area contributed by atoms with Gasteiger partial charge in [-0.1, -0.05) is 0 Å². The van der Waals surface area contributed by atoms with Crippen LogP contribution in [0.5, 0.6) is 0 Å². The van der Waals surface area contributed by atoms with Crippen LogP contribution in [0.15, 0.2) is 24.3 Å². The zero-order valence-corrected chi connectivity index (χ0v) is 10.1. The van der Waals surface area contributed by atoms with Crippen molar-refractivity contribution in [2.45, 2.75) is 18.9 Å². The molecular weight excluding hydrogens is 250 g/mol. The average molecular weight is 265 g/mol. The van der Waals surface area contributed by atoms with E-state index in [0.717, 1.165) is 0 Å². The van der Waals surface area contributed by atoms with Crippen molar-refractivity contribution in [1.82, 2.24) is 0 Å². The number of carbonyl (C=O) groups excluding carboxylic acids is 2. The lowest BCUT2D eigenvalue weighted by Gasteiger charge is -2.11. The minimum absolute atomic E-state index is 0.0343. The number of primary amides is 1. The number of hydrogen-bond donors (Lipinski definition) is 4. The topological polar surface area (TPSA) is 136 Å². The predicted molar refractivity (Wildman–Crippen MR) is 68.4 cm³/mol. The van der Waals surface area contributed by atoms with Crippen molar-refractivity contribution in [2.24, 2.45) is 11.5 Å². The molecule has 0 aliphatic rings. The Balaban J connectivity index is 2.56. The Morgan fingerprint density at radius 2 is 1.79 bits per heavy atom. The number of benzene rings is 1. The summed E-state index contributed by atoms with van der Waals surface area (Å²) in [5.41, 5.74) is 11.1. The van der Waals surface area contributed by atoms with Crippen molar-refractivity contribution in [3.05, 3.63) is 29.8 Å². The highest BCUT2D eigenvalue weighted by Crippen LogP contribution is 2.10. The van der Waals surface area contributed by atoms with Crippen molar-refractivity contribution in [3.8, 4) is 0 Å². The lowest BCUT2D eigenvalue weighted by atomic mass is 10.1. The van der Waals surface area contributed by atoms with Crippen LogP contribution in [0, 0.1) is 0 Å². The molecule has 1 rings (SSSR count). The standard InChI is InChI=1S/C12H15N3O4/c13-9(5-6-10(14)16)11(17)15-8-3-1-7(2-4-8)12(18)19/h1-4,9H,5-6,13H2,(H2,14,16)(H,15,17)(H,18,19)/t9-/m0/s1. The van der Waals surface area contributed by atoms with E-state index < -0.39 is 23.8 Å². The van der Waals surface area contributed by atoms with E-state index in [1.54, 1.807) is 0 Å². The third kappa shape index (κ3) is 4.76. The van der Waals surface area contributed by atoms with E-state index in [9.17, 15) is 14.4 Å². The van der Waals surface area contributed by atoms with E-state index in [4.69, 9.17) is 16.6 Å². The molecule has 0 fully saturated rings. The Labute approximate surface area is 109 Å². The quantitative estimate of drug-likeness (QED) is 0.570. The fraction of sp³-hybridized carbons (Fsp3) is 0.250. The van der Waals surface area contributed by atoms with Crippen molar-refractivity contribution in [1.29, 1.82) is 0 Å². The number of rotatable bonds is 6. The molecule has 0 radical (unpaired) electrons. The van der Waals surface area contributed by atoms with Gasteiger partial charge in [-0.15, -0.1) is 0 Å². The van der Waals surface area contributed by atoms with Gasteiger partial charge in [-0.3, -0.25) is 9.59 Å². The lowest BCUT2D eigenvalue weighted by molar-refractivity contribution is -0.119. The fourth-order valence-electron chi connectivity index (χ4n) is 1.36. The van der Waals surface area contributed by atoms with Crippen LogP contribution in [0.3, 0.4) is 0 Å². The zero-order valence-electron chi connectivity index (χ0n) is 10.1. The third-order valence-corrected chi connectivity index (χ3v) is 2.44. The van der Waals surface area contributed by atoms with Crippen LogP contribution in [0.4, 0.5) is 5.69 Å². The van der Waals surface area contributed by atoms with Crippen molar-refractivity contribution < 1.29 is 19.5 Å². The minimum atomic E-state index is -1.05. The lowest BCUT2D eigenvalue weighted by Crippen LogP contribution is -2.36. The average Bonchev–Trinajstić information content (AvgIpc) is 2.36. The summed E-state index contributed by atoms with van der Waals surface area (Å²) < 4.78 is 0. The SMILES string of the molecule is NC(=O)CC[C@H](N)C(=O)Nc1ccc(C(=O)O)cc1. The van der Waals surface area contributed by atoms with Crippen LogP contribution in [0.25, 0.3) is 0 Å². The Bertz CT molecular complexity index is 484. The normalized spacial score (nSPS) is 11.6. The molecule has 0 bridgehead atoms. The number of amides is 2. The second-order valence-electron chi connectivity index (χ2n) is 3.98. The van der Waals surface area contributed by atoms with E-state index >= 15 is 0 Å². The maximum atomic E-state index is 11.6. The van der Waals surface area contributed by atoms with Gasteiger partial charge in [-0.05, 0) is 30.7 Å². The zero-order chi connectivity index (χ0) is 14.4. The first-order valence-electron chi connectivity index (χ1n) is 5.58. The first-order valence-corrected chi connectivity index (χ1v) is 5.58.